The molecule has 0 bridgehead atoms. The van der Waals surface area contributed by atoms with Gasteiger partial charge in [0, 0.05) is 32.0 Å². The highest BCUT2D eigenvalue weighted by molar-refractivity contribution is 6.29. The van der Waals surface area contributed by atoms with Gasteiger partial charge in [-0.2, -0.15) is 0 Å². The first-order valence-electron chi connectivity index (χ1n) is 8.64. The quantitative estimate of drug-likeness (QED) is 0.849. The zero-order valence-corrected chi connectivity index (χ0v) is 14.6. The van der Waals surface area contributed by atoms with E-state index in [0.717, 1.165) is 25.9 Å². The van der Waals surface area contributed by atoms with Gasteiger partial charge in [-0.25, -0.2) is 0 Å². The summed E-state index contributed by atoms with van der Waals surface area (Å²) in [6.07, 6.45) is 7.24. The zero-order valence-electron chi connectivity index (χ0n) is 13.9. The highest BCUT2D eigenvalue weighted by Crippen LogP contribution is 2.41. The van der Waals surface area contributed by atoms with Crippen molar-refractivity contribution >= 4 is 17.5 Å². The van der Waals surface area contributed by atoms with Crippen molar-refractivity contribution in [2.75, 3.05) is 33.2 Å². The Labute approximate surface area is 142 Å². The lowest BCUT2D eigenvalue weighted by molar-refractivity contribution is -0.133. The second kappa shape index (κ2) is 7.22. The summed E-state index contributed by atoms with van der Waals surface area (Å²) in [5.74, 6) is 0.904. The molecular formula is C17H26ClN3O2. The zero-order chi connectivity index (χ0) is 16.3. The molecule has 1 aromatic heterocycles. The summed E-state index contributed by atoms with van der Waals surface area (Å²) in [6.45, 7) is 4.21. The number of carbonyl (C=O) groups is 1. The third kappa shape index (κ3) is 4.27. The summed E-state index contributed by atoms with van der Waals surface area (Å²) in [4.78, 5) is 16.9. The number of halogens is 1. The highest BCUT2D eigenvalue weighted by atomic mass is 35.5. The van der Waals surface area contributed by atoms with Gasteiger partial charge < -0.3 is 14.3 Å². The molecule has 0 aromatic carbocycles. The minimum Gasteiger partial charge on any atom is -0.360 e. The molecule has 0 radical (unpaired) electrons. The average molecular weight is 340 g/mol. The number of aromatic nitrogens is 1. The topological polar surface area (TPSA) is 49.6 Å². The Morgan fingerprint density at radius 2 is 2.00 bits per heavy atom. The Morgan fingerprint density at radius 1 is 1.26 bits per heavy atom. The molecule has 23 heavy (non-hydrogen) atoms. The summed E-state index contributed by atoms with van der Waals surface area (Å²) < 4.78 is 5.06. The third-order valence-electron chi connectivity index (χ3n) is 5.56. The van der Waals surface area contributed by atoms with Crippen LogP contribution in [0.3, 0.4) is 0 Å². The maximum atomic E-state index is 12.4. The lowest BCUT2D eigenvalue weighted by Gasteiger charge is -2.41. The van der Waals surface area contributed by atoms with E-state index in [1.807, 2.05) is 4.90 Å². The fourth-order valence-electron chi connectivity index (χ4n) is 3.91. The van der Waals surface area contributed by atoms with E-state index in [1.54, 1.807) is 6.07 Å². The van der Waals surface area contributed by atoms with Gasteiger partial charge >= 0.3 is 0 Å². The predicted molar refractivity (Wildman–Crippen MR) is 89.4 cm³/mol. The van der Waals surface area contributed by atoms with Gasteiger partial charge in [-0.3, -0.25) is 4.79 Å². The number of likely N-dealkylation sites (tertiary alicyclic amines) is 2. The van der Waals surface area contributed by atoms with Crippen molar-refractivity contribution in [3.05, 3.63) is 17.0 Å². The maximum absolute atomic E-state index is 12.4. The number of piperidine rings is 1. The van der Waals surface area contributed by atoms with Gasteiger partial charge in [0.1, 0.15) is 5.76 Å². The largest absolute Gasteiger partial charge is 0.360 e. The standard InChI is InChI=1S/C17H26ClN3O2/c1-20-9-2-5-17(6-10-20)7-11-21(12-8-17)16(22)4-3-14-13-15(18)19-23-14/h13H,2-12H2,1H3. The molecule has 0 atom stereocenters. The van der Waals surface area contributed by atoms with Crippen molar-refractivity contribution in [1.82, 2.24) is 15.0 Å². The smallest absolute Gasteiger partial charge is 0.223 e. The van der Waals surface area contributed by atoms with E-state index in [-0.39, 0.29) is 5.91 Å². The van der Waals surface area contributed by atoms with Crippen LogP contribution >= 0.6 is 11.6 Å². The second-order valence-corrected chi connectivity index (χ2v) is 7.54. The van der Waals surface area contributed by atoms with Gasteiger partial charge in [0.25, 0.3) is 0 Å². The molecule has 2 aliphatic heterocycles. The van der Waals surface area contributed by atoms with E-state index in [4.69, 9.17) is 16.1 Å². The molecule has 0 N–H and O–H groups in total. The van der Waals surface area contributed by atoms with Gasteiger partial charge in [-0.15, -0.1) is 0 Å². The molecule has 2 aliphatic rings. The fourth-order valence-corrected chi connectivity index (χ4v) is 4.07. The molecule has 1 spiro atoms. The average Bonchev–Trinajstić information content (AvgIpc) is 2.88. The normalized spacial score (nSPS) is 22.3. The first-order chi connectivity index (χ1) is 11.1. The van der Waals surface area contributed by atoms with Crippen LogP contribution in [0.1, 0.15) is 44.3 Å². The van der Waals surface area contributed by atoms with Gasteiger partial charge in [-0.1, -0.05) is 16.8 Å². The van der Waals surface area contributed by atoms with Crippen molar-refractivity contribution in [1.29, 1.82) is 0 Å². The number of rotatable bonds is 3. The number of nitrogens with zero attached hydrogens (tertiary/aromatic N) is 3. The van der Waals surface area contributed by atoms with Crippen LogP contribution in [0.5, 0.6) is 0 Å². The van der Waals surface area contributed by atoms with Crippen molar-refractivity contribution in [3.63, 3.8) is 0 Å². The van der Waals surface area contributed by atoms with E-state index in [0.29, 0.717) is 29.2 Å². The summed E-state index contributed by atoms with van der Waals surface area (Å²) in [7, 11) is 2.22. The Morgan fingerprint density at radius 3 is 2.70 bits per heavy atom. The lowest BCUT2D eigenvalue weighted by atomic mass is 9.73. The third-order valence-corrected chi connectivity index (χ3v) is 5.74. The Balaban J connectivity index is 1.47. The molecular weight excluding hydrogens is 314 g/mol. The SMILES string of the molecule is CN1CCCC2(CC1)CCN(C(=O)CCc1cc(Cl)no1)CC2. The number of hydrogen-bond acceptors (Lipinski definition) is 4. The van der Waals surface area contributed by atoms with Crippen molar-refractivity contribution in [2.45, 2.75) is 44.9 Å². The Kier molecular flexibility index (Phi) is 5.27. The Bertz CT molecular complexity index is 538. The maximum Gasteiger partial charge on any atom is 0.223 e. The summed E-state index contributed by atoms with van der Waals surface area (Å²) in [6, 6.07) is 1.68. The minimum atomic E-state index is 0.220. The molecule has 2 saturated heterocycles. The first kappa shape index (κ1) is 16.8. The van der Waals surface area contributed by atoms with E-state index in [1.165, 1.54) is 32.4 Å². The van der Waals surface area contributed by atoms with Gasteiger partial charge in [0.05, 0.1) is 0 Å². The van der Waals surface area contributed by atoms with E-state index < -0.39 is 0 Å². The number of aryl methyl sites for hydroxylation is 1. The number of carbonyl (C=O) groups excluding carboxylic acids is 1. The molecule has 2 fully saturated rings. The molecule has 5 nitrogen and oxygen atoms in total. The molecule has 1 aromatic rings. The van der Waals surface area contributed by atoms with Crippen LogP contribution in [0, 0.1) is 5.41 Å². The summed E-state index contributed by atoms with van der Waals surface area (Å²) in [5, 5.41) is 3.99. The van der Waals surface area contributed by atoms with Crippen molar-refractivity contribution in [3.8, 4) is 0 Å². The number of amides is 1. The summed E-state index contributed by atoms with van der Waals surface area (Å²) in [5.41, 5.74) is 0.472. The van der Waals surface area contributed by atoms with Crippen molar-refractivity contribution < 1.29 is 9.32 Å². The van der Waals surface area contributed by atoms with Crippen LogP contribution in [-0.4, -0.2) is 54.1 Å². The molecule has 128 valence electrons. The highest BCUT2D eigenvalue weighted by Gasteiger charge is 2.36. The summed E-state index contributed by atoms with van der Waals surface area (Å²) >= 11 is 5.73. The Hall–Kier alpha value is -1.07. The number of hydrogen-bond donors (Lipinski definition) is 0. The predicted octanol–water partition coefficient (Wildman–Crippen LogP) is 2.99. The van der Waals surface area contributed by atoms with Crippen LogP contribution in [0.25, 0.3) is 0 Å². The minimum absolute atomic E-state index is 0.220. The van der Waals surface area contributed by atoms with Crippen LogP contribution < -0.4 is 0 Å². The van der Waals surface area contributed by atoms with Crippen molar-refractivity contribution in [2.24, 2.45) is 5.41 Å². The lowest BCUT2D eigenvalue weighted by Crippen LogP contribution is -2.43. The monoisotopic (exact) mass is 339 g/mol. The molecule has 0 unspecified atom stereocenters. The van der Waals surface area contributed by atoms with E-state index >= 15 is 0 Å². The molecule has 0 saturated carbocycles. The van der Waals surface area contributed by atoms with Gasteiger partial charge in [-0.05, 0) is 57.7 Å². The molecule has 3 rings (SSSR count). The van der Waals surface area contributed by atoms with Crippen LogP contribution in [0.15, 0.2) is 10.6 Å². The second-order valence-electron chi connectivity index (χ2n) is 7.15. The van der Waals surface area contributed by atoms with Crippen LogP contribution in [-0.2, 0) is 11.2 Å². The van der Waals surface area contributed by atoms with E-state index in [2.05, 4.69) is 17.1 Å². The van der Waals surface area contributed by atoms with Gasteiger partial charge in [0.2, 0.25) is 5.91 Å². The fraction of sp³-hybridized carbons (Fsp3) is 0.765. The van der Waals surface area contributed by atoms with Crippen LogP contribution in [0.4, 0.5) is 0 Å². The molecule has 1 amide bonds. The molecule has 0 aliphatic carbocycles. The molecule has 3 heterocycles. The van der Waals surface area contributed by atoms with Gasteiger partial charge in [0.15, 0.2) is 5.15 Å². The molecule has 6 heteroatoms. The van der Waals surface area contributed by atoms with Crippen LogP contribution in [0.2, 0.25) is 5.15 Å². The first-order valence-corrected chi connectivity index (χ1v) is 9.02. The van der Waals surface area contributed by atoms with E-state index in [9.17, 15) is 4.79 Å².